The fourth-order valence-electron chi connectivity index (χ4n) is 2.18. The zero-order valence-corrected chi connectivity index (χ0v) is 12.0. The van der Waals surface area contributed by atoms with E-state index in [2.05, 4.69) is 16.7 Å². The fraction of sp³-hybridized carbons (Fsp3) is 0.222. The van der Waals surface area contributed by atoms with Crippen LogP contribution in [-0.4, -0.2) is 18.3 Å². The maximum absolute atomic E-state index is 13.4. The first-order chi connectivity index (χ1) is 10.2. The van der Waals surface area contributed by atoms with Crippen LogP contribution in [0.3, 0.4) is 0 Å². The van der Waals surface area contributed by atoms with E-state index in [4.69, 9.17) is 5.11 Å². The minimum absolute atomic E-state index is 0.157. The highest BCUT2D eigenvalue weighted by atomic mass is 19.1. The van der Waals surface area contributed by atoms with Gasteiger partial charge in [0.1, 0.15) is 12.4 Å². The number of rotatable bonds is 4. The van der Waals surface area contributed by atoms with Crippen LogP contribution in [0.5, 0.6) is 0 Å². The molecular weight excluding hydrogens is 265 g/mol. The van der Waals surface area contributed by atoms with Crippen molar-refractivity contribution >= 4 is 5.69 Å². The van der Waals surface area contributed by atoms with Crippen LogP contribution in [0.1, 0.15) is 18.1 Å². The van der Waals surface area contributed by atoms with Crippen LogP contribution in [0.25, 0.3) is 0 Å². The van der Waals surface area contributed by atoms with Gasteiger partial charge in [-0.25, -0.2) is 4.39 Å². The summed E-state index contributed by atoms with van der Waals surface area (Å²) in [6.07, 6.45) is 0. The third-order valence-electron chi connectivity index (χ3n) is 3.24. The van der Waals surface area contributed by atoms with Crippen molar-refractivity contribution in [3.05, 3.63) is 65.5 Å². The van der Waals surface area contributed by atoms with Crippen molar-refractivity contribution in [3.63, 3.8) is 0 Å². The van der Waals surface area contributed by atoms with E-state index >= 15 is 0 Å². The molecule has 0 amide bonds. The zero-order valence-electron chi connectivity index (χ0n) is 12.0. The highest BCUT2D eigenvalue weighted by Gasteiger charge is 2.08. The van der Waals surface area contributed by atoms with Gasteiger partial charge in [0.25, 0.3) is 0 Å². The van der Waals surface area contributed by atoms with Crippen LogP contribution in [0.2, 0.25) is 0 Å². The standard InChI is InChI=1S/C18H18FNO/c1-2-20(18-11-5-10-17(19)13-18)14-16-8-4-3-7-15(16)9-6-12-21/h3-5,7-8,10-11,13,21H,2,12,14H2,1H3. The predicted molar refractivity (Wildman–Crippen MR) is 83.5 cm³/mol. The number of hydrogen-bond donors (Lipinski definition) is 1. The molecular formula is C18H18FNO. The SMILES string of the molecule is CCN(Cc1ccccc1C#CCO)c1cccc(F)c1. The van der Waals surface area contributed by atoms with Gasteiger partial charge in [-0.05, 0) is 36.8 Å². The number of anilines is 1. The van der Waals surface area contributed by atoms with Crippen molar-refractivity contribution < 1.29 is 9.50 Å². The van der Waals surface area contributed by atoms with Crippen molar-refractivity contribution in [3.8, 4) is 11.8 Å². The van der Waals surface area contributed by atoms with E-state index in [1.54, 1.807) is 6.07 Å². The lowest BCUT2D eigenvalue weighted by atomic mass is 10.1. The number of aliphatic hydroxyl groups is 1. The molecule has 0 saturated heterocycles. The topological polar surface area (TPSA) is 23.5 Å². The van der Waals surface area contributed by atoms with E-state index < -0.39 is 0 Å². The fourth-order valence-corrected chi connectivity index (χ4v) is 2.18. The summed E-state index contributed by atoms with van der Waals surface area (Å²) >= 11 is 0. The second-order valence-corrected chi connectivity index (χ2v) is 4.61. The summed E-state index contributed by atoms with van der Waals surface area (Å²) in [5, 5.41) is 8.83. The maximum atomic E-state index is 13.4. The molecule has 0 heterocycles. The van der Waals surface area contributed by atoms with Crippen LogP contribution in [0, 0.1) is 17.7 Å². The van der Waals surface area contributed by atoms with Gasteiger partial charge in [0.05, 0.1) is 0 Å². The van der Waals surface area contributed by atoms with E-state index in [9.17, 15) is 4.39 Å². The van der Waals surface area contributed by atoms with Gasteiger partial charge in [-0.2, -0.15) is 0 Å². The minimum Gasteiger partial charge on any atom is -0.384 e. The molecule has 3 heteroatoms. The Morgan fingerprint density at radius 2 is 1.95 bits per heavy atom. The largest absolute Gasteiger partial charge is 0.384 e. The Bertz CT molecular complexity index is 658. The van der Waals surface area contributed by atoms with Gasteiger partial charge in [0, 0.05) is 24.3 Å². The smallest absolute Gasteiger partial charge is 0.125 e. The summed E-state index contributed by atoms with van der Waals surface area (Å²) in [5.41, 5.74) is 2.80. The number of aliphatic hydroxyl groups excluding tert-OH is 1. The molecule has 21 heavy (non-hydrogen) atoms. The van der Waals surface area contributed by atoms with Crippen molar-refractivity contribution in [2.24, 2.45) is 0 Å². The first-order valence-electron chi connectivity index (χ1n) is 6.92. The quantitative estimate of drug-likeness (QED) is 0.871. The summed E-state index contributed by atoms with van der Waals surface area (Å²) in [4.78, 5) is 2.09. The van der Waals surface area contributed by atoms with Gasteiger partial charge in [-0.3, -0.25) is 0 Å². The third-order valence-corrected chi connectivity index (χ3v) is 3.24. The van der Waals surface area contributed by atoms with E-state index in [0.29, 0.717) is 6.54 Å². The lowest BCUT2D eigenvalue weighted by Gasteiger charge is -2.24. The molecule has 1 N–H and O–H groups in total. The monoisotopic (exact) mass is 283 g/mol. The summed E-state index contributed by atoms with van der Waals surface area (Å²) in [6.45, 7) is 3.30. The summed E-state index contributed by atoms with van der Waals surface area (Å²) < 4.78 is 13.4. The lowest BCUT2D eigenvalue weighted by molar-refractivity contribution is 0.350. The van der Waals surface area contributed by atoms with Crippen molar-refractivity contribution in [1.82, 2.24) is 0 Å². The lowest BCUT2D eigenvalue weighted by Crippen LogP contribution is -2.22. The minimum atomic E-state index is -0.237. The molecule has 0 fully saturated rings. The Hall–Kier alpha value is -2.31. The molecule has 2 aromatic rings. The highest BCUT2D eigenvalue weighted by molar-refractivity contribution is 5.49. The number of hydrogen-bond acceptors (Lipinski definition) is 2. The Balaban J connectivity index is 2.27. The van der Waals surface area contributed by atoms with Gasteiger partial charge in [0.2, 0.25) is 0 Å². The van der Waals surface area contributed by atoms with Gasteiger partial charge in [-0.1, -0.05) is 36.1 Å². The Morgan fingerprint density at radius 3 is 2.67 bits per heavy atom. The van der Waals surface area contributed by atoms with Crippen LogP contribution in [-0.2, 0) is 6.54 Å². The van der Waals surface area contributed by atoms with Gasteiger partial charge < -0.3 is 10.0 Å². The predicted octanol–water partition coefficient (Wildman–Crippen LogP) is 3.20. The molecule has 108 valence electrons. The summed E-state index contributed by atoms with van der Waals surface area (Å²) in [6, 6.07) is 14.4. The summed E-state index contributed by atoms with van der Waals surface area (Å²) in [7, 11) is 0. The van der Waals surface area contributed by atoms with Crippen molar-refractivity contribution in [2.45, 2.75) is 13.5 Å². The Labute approximate surface area is 124 Å². The second-order valence-electron chi connectivity index (χ2n) is 4.61. The Morgan fingerprint density at radius 1 is 1.14 bits per heavy atom. The zero-order chi connectivity index (χ0) is 15.1. The van der Waals surface area contributed by atoms with Crippen LogP contribution < -0.4 is 4.90 Å². The molecule has 0 aliphatic carbocycles. The van der Waals surface area contributed by atoms with Crippen LogP contribution >= 0.6 is 0 Å². The molecule has 0 saturated carbocycles. The molecule has 2 nitrogen and oxygen atoms in total. The normalized spacial score (nSPS) is 9.86. The second kappa shape index (κ2) is 7.47. The van der Waals surface area contributed by atoms with Gasteiger partial charge in [-0.15, -0.1) is 0 Å². The van der Waals surface area contributed by atoms with Gasteiger partial charge in [0.15, 0.2) is 0 Å². The van der Waals surface area contributed by atoms with E-state index in [1.165, 1.54) is 12.1 Å². The van der Waals surface area contributed by atoms with Crippen molar-refractivity contribution in [2.75, 3.05) is 18.1 Å². The van der Waals surface area contributed by atoms with E-state index in [0.717, 1.165) is 23.4 Å². The average Bonchev–Trinajstić information content (AvgIpc) is 2.51. The molecule has 0 bridgehead atoms. The third kappa shape index (κ3) is 4.08. The molecule has 2 rings (SSSR count). The van der Waals surface area contributed by atoms with Crippen LogP contribution in [0.4, 0.5) is 10.1 Å². The Kier molecular flexibility index (Phi) is 5.36. The average molecular weight is 283 g/mol. The molecule has 0 atom stereocenters. The molecule has 0 aliphatic rings. The van der Waals surface area contributed by atoms with Gasteiger partial charge >= 0.3 is 0 Å². The molecule has 0 unspecified atom stereocenters. The summed E-state index contributed by atoms with van der Waals surface area (Å²) in [5.74, 6) is 5.39. The van der Waals surface area contributed by atoms with E-state index in [-0.39, 0.29) is 12.4 Å². The molecule has 2 aromatic carbocycles. The number of benzene rings is 2. The van der Waals surface area contributed by atoms with E-state index in [1.807, 2.05) is 37.3 Å². The number of halogens is 1. The molecule has 0 aliphatic heterocycles. The van der Waals surface area contributed by atoms with Crippen molar-refractivity contribution in [1.29, 1.82) is 0 Å². The first kappa shape index (κ1) is 15.1. The van der Waals surface area contributed by atoms with Crippen LogP contribution in [0.15, 0.2) is 48.5 Å². The molecule has 0 spiro atoms. The number of nitrogens with zero attached hydrogens (tertiary/aromatic N) is 1. The maximum Gasteiger partial charge on any atom is 0.125 e. The molecule has 0 aromatic heterocycles. The first-order valence-corrected chi connectivity index (χ1v) is 6.92. The highest BCUT2D eigenvalue weighted by Crippen LogP contribution is 2.19. The molecule has 0 radical (unpaired) electrons.